The van der Waals surface area contributed by atoms with Gasteiger partial charge in [-0.25, -0.2) is 4.79 Å². The monoisotopic (exact) mass is 333 g/mol. The zero-order valence-corrected chi connectivity index (χ0v) is 12.1. The van der Waals surface area contributed by atoms with Crippen LogP contribution in [0.5, 0.6) is 0 Å². The number of anilines is 2. The Hall–Kier alpha value is -3.09. The highest BCUT2D eigenvalue weighted by molar-refractivity contribution is 6.00. The van der Waals surface area contributed by atoms with Gasteiger partial charge in [-0.3, -0.25) is 4.79 Å². The van der Waals surface area contributed by atoms with Gasteiger partial charge in [-0.05, 0) is 36.4 Å². The number of fused-ring (bicyclic) bond motifs is 1. The number of carbonyl (C=O) groups excluding carboxylic acids is 1. The molecular weight excluding hydrogens is 323 g/mol. The van der Waals surface area contributed by atoms with Crippen molar-refractivity contribution >= 4 is 28.1 Å². The molecule has 0 aliphatic heterocycles. The summed E-state index contributed by atoms with van der Waals surface area (Å²) in [4.78, 5) is 22.7. The number of para-hydroxylation sites is 1. The number of carbonyl (C=O) groups is 1. The number of hydrogen-bond donors (Lipinski definition) is 1. The van der Waals surface area contributed by atoms with Crippen LogP contribution in [0.15, 0.2) is 63.8 Å². The molecule has 1 aromatic heterocycles. The third kappa shape index (κ3) is 3.15. The molecule has 0 atom stereocenters. The molecule has 7 heteroatoms. The number of nitrogens with one attached hydrogen (secondary N) is 1. The molecule has 0 amide bonds. The summed E-state index contributed by atoms with van der Waals surface area (Å²) in [7, 11) is 0. The first-order valence-corrected chi connectivity index (χ1v) is 6.86. The Morgan fingerprint density at radius 3 is 2.33 bits per heavy atom. The molecule has 0 unspecified atom stereocenters. The number of benzene rings is 2. The van der Waals surface area contributed by atoms with Gasteiger partial charge >= 0.3 is 11.8 Å². The molecule has 1 heterocycles. The molecule has 0 aliphatic rings. The molecule has 1 N–H and O–H groups in total. The highest BCUT2D eigenvalue weighted by Gasteiger charge is 2.39. The molecule has 2 aromatic carbocycles. The van der Waals surface area contributed by atoms with Crippen LogP contribution < -0.4 is 10.9 Å². The van der Waals surface area contributed by atoms with Crippen molar-refractivity contribution in [3.05, 3.63) is 70.6 Å². The quantitative estimate of drug-likeness (QED) is 0.574. The van der Waals surface area contributed by atoms with E-state index in [-0.39, 0.29) is 0 Å². The highest BCUT2D eigenvalue weighted by Crippen LogP contribution is 2.26. The van der Waals surface area contributed by atoms with Crippen LogP contribution in [0, 0.1) is 0 Å². The van der Waals surface area contributed by atoms with E-state index in [0.29, 0.717) is 22.3 Å². The average molecular weight is 333 g/mol. The summed E-state index contributed by atoms with van der Waals surface area (Å²) in [5, 5.41) is 3.59. The third-order valence-electron chi connectivity index (χ3n) is 3.33. The second-order valence-electron chi connectivity index (χ2n) is 5.00. The Kier molecular flexibility index (Phi) is 3.84. The smallest absolute Gasteiger partial charge is 0.423 e. The first kappa shape index (κ1) is 15.8. The van der Waals surface area contributed by atoms with Crippen LogP contribution in [0.25, 0.3) is 11.0 Å². The lowest BCUT2D eigenvalue weighted by Crippen LogP contribution is -2.22. The number of halogens is 3. The van der Waals surface area contributed by atoms with Gasteiger partial charge in [0, 0.05) is 22.7 Å². The number of alkyl halides is 3. The zero-order chi connectivity index (χ0) is 17.3. The molecule has 122 valence electrons. The number of hydrogen-bond acceptors (Lipinski definition) is 4. The van der Waals surface area contributed by atoms with Crippen molar-refractivity contribution in [2.24, 2.45) is 0 Å². The minimum absolute atomic E-state index is 0.386. The summed E-state index contributed by atoms with van der Waals surface area (Å²) in [5.74, 6) is -1.90. The standard InChI is InChI=1S/C17H10F3NO3/c18-17(19,20)16(23)10-5-7-11(8-6-10)21-13-9-15(22)24-14-4-2-1-3-12(13)14/h1-9,21H. The van der Waals surface area contributed by atoms with Crippen LogP contribution in [0.3, 0.4) is 0 Å². The van der Waals surface area contributed by atoms with Crippen LogP contribution in [0.4, 0.5) is 24.5 Å². The summed E-state index contributed by atoms with van der Waals surface area (Å²) >= 11 is 0. The fraction of sp³-hybridized carbons (Fsp3) is 0.0588. The van der Waals surface area contributed by atoms with Crippen molar-refractivity contribution in [3.8, 4) is 0 Å². The summed E-state index contributed by atoms with van der Waals surface area (Å²) < 4.78 is 42.2. The van der Waals surface area contributed by atoms with E-state index in [9.17, 15) is 22.8 Å². The number of Topliss-reactive ketones (excluding diaryl/α,β-unsaturated/α-hetero) is 1. The zero-order valence-electron chi connectivity index (χ0n) is 12.1. The van der Waals surface area contributed by atoms with Gasteiger partial charge in [0.2, 0.25) is 0 Å². The van der Waals surface area contributed by atoms with Crippen molar-refractivity contribution in [1.82, 2.24) is 0 Å². The fourth-order valence-electron chi connectivity index (χ4n) is 2.24. The lowest BCUT2D eigenvalue weighted by Gasteiger charge is -2.10. The predicted molar refractivity (Wildman–Crippen MR) is 82.6 cm³/mol. The van der Waals surface area contributed by atoms with Gasteiger partial charge in [0.15, 0.2) is 0 Å². The van der Waals surface area contributed by atoms with Crippen LogP contribution in [0.1, 0.15) is 10.4 Å². The van der Waals surface area contributed by atoms with Gasteiger partial charge in [-0.1, -0.05) is 12.1 Å². The first-order chi connectivity index (χ1) is 11.3. The van der Waals surface area contributed by atoms with Crippen LogP contribution in [-0.2, 0) is 0 Å². The fourth-order valence-corrected chi connectivity index (χ4v) is 2.24. The molecule has 3 aromatic rings. The molecule has 0 fully saturated rings. The van der Waals surface area contributed by atoms with Gasteiger partial charge in [-0.15, -0.1) is 0 Å². The minimum atomic E-state index is -4.91. The topological polar surface area (TPSA) is 59.3 Å². The SMILES string of the molecule is O=C(c1ccc(Nc2cc(=O)oc3ccccc23)cc1)C(F)(F)F. The van der Waals surface area contributed by atoms with Crippen molar-refractivity contribution in [1.29, 1.82) is 0 Å². The summed E-state index contributed by atoms with van der Waals surface area (Å²) in [6, 6.07) is 12.9. The van der Waals surface area contributed by atoms with Gasteiger partial charge in [-0.2, -0.15) is 13.2 Å². The Morgan fingerprint density at radius 2 is 1.67 bits per heavy atom. The van der Waals surface area contributed by atoms with E-state index in [1.807, 2.05) is 0 Å². The van der Waals surface area contributed by atoms with E-state index >= 15 is 0 Å². The van der Waals surface area contributed by atoms with Crippen molar-refractivity contribution in [2.75, 3.05) is 5.32 Å². The Balaban J connectivity index is 1.93. The maximum atomic E-state index is 12.4. The van der Waals surface area contributed by atoms with Gasteiger partial charge in [0.05, 0.1) is 5.69 Å². The van der Waals surface area contributed by atoms with E-state index in [0.717, 1.165) is 12.1 Å². The maximum Gasteiger partial charge on any atom is 0.454 e. The molecule has 4 nitrogen and oxygen atoms in total. The molecule has 0 saturated carbocycles. The van der Waals surface area contributed by atoms with Crippen molar-refractivity contribution < 1.29 is 22.4 Å². The van der Waals surface area contributed by atoms with Crippen molar-refractivity contribution in [3.63, 3.8) is 0 Å². The third-order valence-corrected chi connectivity index (χ3v) is 3.33. The van der Waals surface area contributed by atoms with E-state index in [2.05, 4.69) is 5.32 Å². The molecule has 3 rings (SSSR count). The van der Waals surface area contributed by atoms with Crippen LogP contribution >= 0.6 is 0 Å². The molecule has 24 heavy (non-hydrogen) atoms. The van der Waals surface area contributed by atoms with E-state index < -0.39 is 23.1 Å². The minimum Gasteiger partial charge on any atom is -0.423 e. The highest BCUT2D eigenvalue weighted by atomic mass is 19.4. The van der Waals surface area contributed by atoms with Crippen LogP contribution in [-0.4, -0.2) is 12.0 Å². The molecular formula is C17H10F3NO3. The second-order valence-corrected chi connectivity index (χ2v) is 5.00. The lowest BCUT2D eigenvalue weighted by molar-refractivity contribution is -0.0885. The number of ketones is 1. The van der Waals surface area contributed by atoms with Crippen molar-refractivity contribution in [2.45, 2.75) is 6.18 Å². The summed E-state index contributed by atoms with van der Waals surface area (Å²) in [5.41, 5.74) is 0.267. The second kappa shape index (κ2) is 5.84. The molecule has 0 bridgehead atoms. The van der Waals surface area contributed by atoms with Gasteiger partial charge in [0.1, 0.15) is 5.58 Å². The Morgan fingerprint density at radius 1 is 1.00 bits per heavy atom. The molecule has 0 radical (unpaired) electrons. The van der Waals surface area contributed by atoms with E-state index in [4.69, 9.17) is 4.42 Å². The van der Waals surface area contributed by atoms with Gasteiger partial charge in [0.25, 0.3) is 5.78 Å². The number of rotatable bonds is 3. The predicted octanol–water partition coefficient (Wildman–Crippen LogP) is 4.28. The summed E-state index contributed by atoms with van der Waals surface area (Å²) in [6.07, 6.45) is -4.91. The van der Waals surface area contributed by atoms with E-state index in [1.165, 1.54) is 18.2 Å². The Labute approximate surface area is 133 Å². The first-order valence-electron chi connectivity index (χ1n) is 6.86. The summed E-state index contributed by atoms with van der Waals surface area (Å²) in [6.45, 7) is 0. The maximum absolute atomic E-state index is 12.4. The Bertz CT molecular complexity index is 959. The lowest BCUT2D eigenvalue weighted by atomic mass is 10.1. The van der Waals surface area contributed by atoms with Crippen LogP contribution in [0.2, 0.25) is 0 Å². The van der Waals surface area contributed by atoms with E-state index in [1.54, 1.807) is 24.3 Å². The average Bonchev–Trinajstić information content (AvgIpc) is 2.54. The molecule has 0 saturated heterocycles. The normalized spacial score (nSPS) is 11.5. The largest absolute Gasteiger partial charge is 0.454 e. The molecule has 0 spiro atoms. The molecule has 0 aliphatic carbocycles. The van der Waals surface area contributed by atoms with Gasteiger partial charge < -0.3 is 9.73 Å².